The number of aromatic nitrogens is 3. The Hall–Kier alpha value is -7.97. The fourth-order valence-electron chi connectivity index (χ4n) is 10.6. The number of unbranched alkanes of at least 4 members (excludes halogenated alkanes) is 3. The van der Waals surface area contributed by atoms with Crippen LogP contribution in [0.25, 0.3) is 0 Å². The first-order valence-electron chi connectivity index (χ1n) is 33.8. The number of carbonyl (C=O) groups is 3. The van der Waals surface area contributed by atoms with Crippen molar-refractivity contribution in [2.24, 2.45) is 5.73 Å². The molecule has 0 radical (unpaired) electrons. The molecule has 104 heavy (non-hydrogen) atoms. The molecule has 2 amide bonds. The molecule has 3 aromatic heterocycles. The molecule has 0 aliphatic carbocycles. The smallest absolute Gasteiger partial charge is 0.264 e. The molecule has 0 saturated carbocycles. The van der Waals surface area contributed by atoms with Gasteiger partial charge in [-0.2, -0.15) is 16.8 Å². The molecule has 1 aliphatic rings. The minimum atomic E-state index is -4.16. The van der Waals surface area contributed by atoms with Crippen LogP contribution in [0.15, 0.2) is 109 Å². The maximum Gasteiger partial charge on any atom is 0.264 e. The lowest BCUT2D eigenvalue weighted by Gasteiger charge is -2.35. The molecule has 0 bridgehead atoms. The third kappa shape index (κ3) is 31.0. The Labute approximate surface area is 608 Å². The van der Waals surface area contributed by atoms with Crippen LogP contribution in [-0.4, -0.2) is 198 Å². The summed E-state index contributed by atoms with van der Waals surface area (Å²) in [6.45, 7) is 8.49. The second-order valence-corrected chi connectivity index (χ2v) is 35.1. The number of ketones is 1. The first kappa shape index (κ1) is 83.3. The molecule has 27 nitrogen and oxygen atoms in total. The fourth-order valence-corrected chi connectivity index (χ4v) is 13.8. The molecule has 7 rings (SSSR count). The van der Waals surface area contributed by atoms with Gasteiger partial charge in [0.15, 0.2) is 19.0 Å². The van der Waals surface area contributed by atoms with Gasteiger partial charge in [0.2, 0.25) is 22.1 Å². The van der Waals surface area contributed by atoms with Gasteiger partial charge in [-0.25, -0.2) is 15.0 Å². The lowest BCUT2D eigenvalue weighted by Crippen LogP contribution is -2.44. The number of nitrogens with zero attached hydrogens (tertiary/aromatic N) is 6. The van der Waals surface area contributed by atoms with Gasteiger partial charge in [-0.05, 0) is 154 Å². The predicted molar refractivity (Wildman–Crippen MR) is 398 cm³/mol. The molecule has 9 N–H and O–H groups in total. The number of hydrogen-bond donors (Lipinski definition) is 8. The van der Waals surface area contributed by atoms with Gasteiger partial charge >= 0.3 is 0 Å². The van der Waals surface area contributed by atoms with Crippen LogP contribution < -0.4 is 46.9 Å². The van der Waals surface area contributed by atoms with Crippen molar-refractivity contribution in [3.63, 3.8) is 0 Å². The number of pyridine rings is 3. The van der Waals surface area contributed by atoms with Gasteiger partial charge in [-0.1, -0.05) is 55.3 Å². The van der Waals surface area contributed by atoms with E-state index in [9.17, 15) is 59.6 Å². The number of nitrogens with one attached hydrogen (secondary N) is 2. The highest BCUT2D eigenvalue weighted by Crippen LogP contribution is 2.36. The summed E-state index contributed by atoms with van der Waals surface area (Å²) in [6.07, 6.45) is 4.36. The summed E-state index contributed by atoms with van der Waals surface area (Å²) in [5, 5.41) is 5.35. The van der Waals surface area contributed by atoms with E-state index in [-0.39, 0.29) is 106 Å². The van der Waals surface area contributed by atoms with E-state index in [2.05, 4.69) is 60.9 Å². The van der Waals surface area contributed by atoms with Crippen LogP contribution in [0.5, 0.6) is 17.2 Å². The highest BCUT2D eigenvalue weighted by molar-refractivity contribution is 7.86. The van der Waals surface area contributed by atoms with Gasteiger partial charge in [-0.15, -0.1) is 0 Å². The average Bonchev–Trinajstić information content (AvgIpc) is 0.956. The van der Waals surface area contributed by atoms with Gasteiger partial charge in [0.25, 0.3) is 32.1 Å². The van der Waals surface area contributed by atoms with Crippen molar-refractivity contribution < 1.29 is 82.9 Å². The van der Waals surface area contributed by atoms with Crippen molar-refractivity contribution in [1.82, 2.24) is 40.3 Å². The Morgan fingerprint density at radius 3 is 1.32 bits per heavy atom. The summed E-state index contributed by atoms with van der Waals surface area (Å²) in [4.78, 5) is 91.1. The van der Waals surface area contributed by atoms with Crippen molar-refractivity contribution in [1.29, 1.82) is 0 Å². The Morgan fingerprint density at radius 1 is 0.510 bits per heavy atom. The number of amides is 2. The molecule has 1 fully saturated rings. The standard InChI is InChI=1S/C72H90N9O18P3S2/c1-5-6-33-74-68(83)52-98-66-28-24-56(25-29-66)16-19-59-43-62(78-72(46-59)102(4,89)90)49-81-38-37-79(47-60-41-57(44-70(76-60)100(2,85)86)17-14-54-20-26-65(27-21-54)97-51-64(82)13-8-10-39-103(91,92)93)35-36-80(50-63(81)12-7-9-32-73)48-61-42-58(45-71(77-61)101(3,87)88)18-15-55-22-30-67(31-23-55)99-53-69(84)75-34-11-40-104(94,95)96/h20-31,41-46,63H,5-13,32-40,47-53,73H2,1-4H3,(H,74,83)(H,75,84)(H,85,86)(H,87,88)(H,89,90)(H,91,92,93)(H,94,95,96)/t63-/m0/s1. The number of benzene rings is 3. The van der Waals surface area contributed by atoms with Crippen LogP contribution in [0.2, 0.25) is 0 Å². The van der Waals surface area contributed by atoms with Crippen LogP contribution in [-0.2, 0) is 67.9 Å². The third-order valence-electron chi connectivity index (χ3n) is 16.0. The van der Waals surface area contributed by atoms with E-state index >= 15 is 0 Å². The van der Waals surface area contributed by atoms with Crippen LogP contribution in [0.3, 0.4) is 0 Å². The normalized spacial score (nSPS) is 15.6. The van der Waals surface area contributed by atoms with Gasteiger partial charge in [-0.3, -0.25) is 51.9 Å². The quantitative estimate of drug-likeness (QED) is 0.0113. The number of hydrogen-bond acceptors (Lipinski definition) is 20. The van der Waals surface area contributed by atoms with E-state index in [1.165, 1.54) is 38.2 Å². The molecule has 0 spiro atoms. The summed E-state index contributed by atoms with van der Waals surface area (Å²) < 4.78 is 120. The number of nitrogens with two attached hydrogens (primary N) is 1. The van der Waals surface area contributed by atoms with E-state index in [1.54, 1.807) is 91.0 Å². The molecule has 6 aromatic rings. The van der Waals surface area contributed by atoms with E-state index in [1.807, 2.05) is 6.92 Å². The predicted octanol–water partition coefficient (Wildman–Crippen LogP) is 5.04. The molecule has 4 atom stereocenters. The number of rotatable bonds is 34. The molecule has 32 heteroatoms. The van der Waals surface area contributed by atoms with Crippen LogP contribution in [0.4, 0.5) is 0 Å². The summed E-state index contributed by atoms with van der Waals surface area (Å²) in [5.41, 5.74) is 10.2. The van der Waals surface area contributed by atoms with Gasteiger partial charge in [0.1, 0.15) is 40.2 Å². The number of carbonyl (C=O) groups excluding carboxylic acids is 3. The number of ether oxygens (including phenoxy) is 3. The zero-order valence-corrected chi connectivity index (χ0v) is 62.9. The lowest BCUT2D eigenvalue weighted by atomic mass is 10.1. The second kappa shape index (κ2) is 39.9. The van der Waals surface area contributed by atoms with Gasteiger partial charge < -0.3 is 45.3 Å². The third-order valence-corrected chi connectivity index (χ3v) is 20.9. The minimum absolute atomic E-state index is 0.0184. The van der Waals surface area contributed by atoms with Crippen LogP contribution in [0.1, 0.15) is 115 Å². The molecule has 3 unspecified atom stereocenters. The second-order valence-electron chi connectivity index (χ2n) is 25.3. The fraction of sp³-hybridized carbons (Fsp3) is 0.417. The first-order valence-corrected chi connectivity index (χ1v) is 43.3. The summed E-state index contributed by atoms with van der Waals surface area (Å²) >= 11 is 0. The molecule has 1 saturated heterocycles. The van der Waals surface area contributed by atoms with Crippen molar-refractivity contribution in [3.05, 3.63) is 160 Å². The summed E-state index contributed by atoms with van der Waals surface area (Å²) in [5.74, 6) is 18.1. The monoisotopic (exact) mass is 1530 g/mol. The van der Waals surface area contributed by atoms with Crippen molar-refractivity contribution in [3.8, 4) is 52.8 Å². The highest BCUT2D eigenvalue weighted by Gasteiger charge is 2.29. The van der Waals surface area contributed by atoms with Crippen LogP contribution >= 0.6 is 22.1 Å². The Bertz CT molecular complexity index is 4520. The Morgan fingerprint density at radius 2 is 0.894 bits per heavy atom. The molecule has 3 aromatic carbocycles. The zero-order chi connectivity index (χ0) is 75.5. The maximum atomic E-state index is 13.6. The van der Waals surface area contributed by atoms with Gasteiger partial charge in [0, 0.05) is 131 Å². The van der Waals surface area contributed by atoms with E-state index in [4.69, 9.17) is 44.0 Å². The average molecular weight is 1530 g/mol. The van der Waals surface area contributed by atoms with Crippen LogP contribution in [0, 0.1) is 35.5 Å². The Kier molecular flexibility index (Phi) is 32.0. The molecule has 558 valence electrons. The van der Waals surface area contributed by atoms with Gasteiger partial charge in [0.05, 0.1) is 28.6 Å². The first-order chi connectivity index (χ1) is 49.2. The molecule has 4 heterocycles. The summed E-state index contributed by atoms with van der Waals surface area (Å²) in [6, 6.07) is 29.6. The van der Waals surface area contributed by atoms with E-state index in [0.717, 1.165) is 19.3 Å². The maximum absolute atomic E-state index is 13.6. The molecule has 1 aliphatic heterocycles. The topological polar surface area (TPSA) is 398 Å². The van der Waals surface area contributed by atoms with E-state index in [0.29, 0.717) is 126 Å². The van der Waals surface area contributed by atoms with Crippen molar-refractivity contribution in [2.75, 3.05) is 104 Å². The largest absolute Gasteiger partial charge is 0.486 e. The summed E-state index contributed by atoms with van der Waals surface area (Å²) in [7, 11) is -20.2. The number of Topliss-reactive ketones (excluding diaryl/α,β-unsaturated/α-hetero) is 1. The highest BCUT2D eigenvalue weighted by atomic mass is 32.2. The van der Waals surface area contributed by atoms with Crippen molar-refractivity contribution >= 4 is 76.2 Å². The minimum Gasteiger partial charge on any atom is -0.486 e. The Balaban J connectivity index is 1.20. The lowest BCUT2D eigenvalue weighted by molar-refractivity contribution is -0.123. The zero-order valence-electron chi connectivity index (χ0n) is 58.6. The molecular weight excluding hydrogens is 1440 g/mol. The molecular formula is C72H90N9O18P3S2. The van der Waals surface area contributed by atoms with E-state index < -0.39 is 59.8 Å². The SMILES string of the molecule is CCCCNC(=O)COc1ccc(C#Cc2cc(CN3CCN(Cc4cc(C#Cc5ccc(OCC(=O)CCCCS(=O)(=O)O)cc5)cc(P(C)(=O)O)n4)CCN(Cc4cc(C#Cc5ccc(OCC(=O)NCCCS(=O)(=O)O)cc5)cc(P(C)(=O)O)n4)C[C@@H]3CCCCN)nc(P(C)(=O)O)c2)cc1. The van der Waals surface area contributed by atoms with Crippen molar-refractivity contribution in [2.45, 2.75) is 90.4 Å².